The zero-order valence-electron chi connectivity index (χ0n) is 10.8. The van der Waals surface area contributed by atoms with Crippen LogP contribution >= 0.6 is 11.6 Å². The van der Waals surface area contributed by atoms with Crippen molar-refractivity contribution in [1.29, 1.82) is 0 Å². The molecule has 0 amide bonds. The summed E-state index contributed by atoms with van der Waals surface area (Å²) in [5.74, 6) is 0. The lowest BCUT2D eigenvalue weighted by molar-refractivity contribution is 0.0267. The van der Waals surface area contributed by atoms with E-state index in [1.54, 1.807) is 0 Å². The molecule has 0 saturated carbocycles. The summed E-state index contributed by atoms with van der Waals surface area (Å²) < 4.78 is 0. The minimum Gasteiger partial charge on any atom is -0.389 e. The molecule has 2 aromatic carbocycles. The molecule has 2 heteroatoms. The Morgan fingerprint density at radius 2 is 1.68 bits per heavy atom. The van der Waals surface area contributed by atoms with Gasteiger partial charge in [0.1, 0.15) is 0 Å². The Morgan fingerprint density at radius 3 is 2.47 bits per heavy atom. The molecule has 0 radical (unpaired) electrons. The monoisotopic (exact) mass is 272 g/mol. The van der Waals surface area contributed by atoms with E-state index in [4.69, 9.17) is 11.6 Å². The molecule has 98 valence electrons. The lowest BCUT2D eigenvalue weighted by Crippen LogP contribution is -2.38. The number of benzene rings is 2. The summed E-state index contributed by atoms with van der Waals surface area (Å²) in [6.07, 6.45) is 3.09. The van der Waals surface area contributed by atoms with Gasteiger partial charge in [0, 0.05) is 17.9 Å². The van der Waals surface area contributed by atoms with Crippen LogP contribution in [0.5, 0.6) is 0 Å². The van der Waals surface area contributed by atoms with Crippen LogP contribution in [0.25, 0.3) is 0 Å². The topological polar surface area (TPSA) is 20.2 Å². The van der Waals surface area contributed by atoms with Gasteiger partial charge in [-0.05, 0) is 35.6 Å². The summed E-state index contributed by atoms with van der Waals surface area (Å²) in [6.45, 7) is 0. The predicted octanol–water partition coefficient (Wildman–Crippen LogP) is 3.80. The van der Waals surface area contributed by atoms with Crippen LogP contribution in [0.15, 0.2) is 48.5 Å². The molecular weight excluding hydrogens is 256 g/mol. The van der Waals surface area contributed by atoms with E-state index in [1.165, 1.54) is 11.1 Å². The molecule has 0 bridgehead atoms. The summed E-state index contributed by atoms with van der Waals surface area (Å²) in [6, 6.07) is 16.2. The van der Waals surface area contributed by atoms with E-state index in [2.05, 4.69) is 18.2 Å². The fraction of sp³-hybridized carbons (Fsp3) is 0.294. The highest BCUT2D eigenvalue weighted by Crippen LogP contribution is 2.32. The van der Waals surface area contributed by atoms with Crippen molar-refractivity contribution < 1.29 is 5.11 Å². The lowest BCUT2D eigenvalue weighted by Gasteiger charge is -2.34. The second-order valence-corrected chi connectivity index (χ2v) is 5.85. The molecule has 1 aliphatic carbocycles. The molecule has 1 unspecified atom stereocenters. The second kappa shape index (κ2) is 4.99. The summed E-state index contributed by atoms with van der Waals surface area (Å²) in [4.78, 5) is 0. The van der Waals surface area contributed by atoms with Crippen molar-refractivity contribution in [3.63, 3.8) is 0 Å². The first-order valence-electron chi connectivity index (χ1n) is 6.69. The SMILES string of the molecule is OC1(Cc2ccccc2Cl)CCc2ccccc2C1. The minimum atomic E-state index is -0.667. The number of hydrogen-bond acceptors (Lipinski definition) is 1. The lowest BCUT2D eigenvalue weighted by atomic mass is 9.77. The highest BCUT2D eigenvalue weighted by Gasteiger charge is 2.32. The van der Waals surface area contributed by atoms with Gasteiger partial charge >= 0.3 is 0 Å². The Bertz CT molecular complexity index is 593. The van der Waals surface area contributed by atoms with Gasteiger partial charge in [-0.1, -0.05) is 54.1 Å². The standard InChI is InChI=1S/C17H17ClO/c18-16-8-4-3-7-15(16)12-17(19)10-9-13-5-1-2-6-14(13)11-17/h1-8,19H,9-12H2. The molecule has 0 heterocycles. The summed E-state index contributed by atoms with van der Waals surface area (Å²) in [5.41, 5.74) is 3.00. The Balaban J connectivity index is 1.84. The van der Waals surface area contributed by atoms with E-state index >= 15 is 0 Å². The van der Waals surface area contributed by atoms with E-state index in [0.717, 1.165) is 23.4 Å². The average molecular weight is 273 g/mol. The van der Waals surface area contributed by atoms with Gasteiger partial charge in [0.2, 0.25) is 0 Å². The molecule has 1 atom stereocenters. The Kier molecular flexibility index (Phi) is 3.34. The maximum Gasteiger partial charge on any atom is 0.0731 e. The molecule has 0 spiro atoms. The molecule has 1 aliphatic rings. The van der Waals surface area contributed by atoms with Crippen LogP contribution in [0.3, 0.4) is 0 Å². The van der Waals surface area contributed by atoms with E-state index in [0.29, 0.717) is 12.8 Å². The third-order valence-corrected chi connectivity index (χ3v) is 4.34. The molecule has 1 nitrogen and oxygen atoms in total. The molecule has 0 fully saturated rings. The predicted molar refractivity (Wildman–Crippen MR) is 78.6 cm³/mol. The smallest absolute Gasteiger partial charge is 0.0731 e. The largest absolute Gasteiger partial charge is 0.389 e. The van der Waals surface area contributed by atoms with Gasteiger partial charge in [-0.25, -0.2) is 0 Å². The first kappa shape index (κ1) is 12.7. The highest BCUT2D eigenvalue weighted by molar-refractivity contribution is 6.31. The van der Waals surface area contributed by atoms with Crippen LogP contribution in [0, 0.1) is 0 Å². The fourth-order valence-electron chi connectivity index (χ4n) is 2.93. The number of aryl methyl sites for hydroxylation is 1. The number of fused-ring (bicyclic) bond motifs is 1. The van der Waals surface area contributed by atoms with Crippen LogP contribution in [0.4, 0.5) is 0 Å². The minimum absolute atomic E-state index is 0.626. The van der Waals surface area contributed by atoms with Crippen LogP contribution in [0.2, 0.25) is 5.02 Å². The van der Waals surface area contributed by atoms with E-state index < -0.39 is 5.60 Å². The van der Waals surface area contributed by atoms with Gasteiger partial charge in [0.25, 0.3) is 0 Å². The zero-order valence-corrected chi connectivity index (χ0v) is 11.5. The van der Waals surface area contributed by atoms with Gasteiger partial charge in [-0.15, -0.1) is 0 Å². The molecule has 19 heavy (non-hydrogen) atoms. The first-order chi connectivity index (χ1) is 9.16. The normalized spacial score (nSPS) is 22.0. The third-order valence-electron chi connectivity index (χ3n) is 3.97. The van der Waals surface area contributed by atoms with Crippen molar-refractivity contribution in [3.05, 3.63) is 70.2 Å². The number of aliphatic hydroxyl groups is 1. The van der Waals surface area contributed by atoms with Crippen LogP contribution in [-0.2, 0) is 19.3 Å². The highest BCUT2D eigenvalue weighted by atomic mass is 35.5. The van der Waals surface area contributed by atoms with Gasteiger partial charge in [0.15, 0.2) is 0 Å². The average Bonchev–Trinajstić information content (AvgIpc) is 2.41. The molecule has 2 aromatic rings. The Hall–Kier alpha value is -1.31. The second-order valence-electron chi connectivity index (χ2n) is 5.44. The molecule has 0 aliphatic heterocycles. The summed E-state index contributed by atoms with van der Waals surface area (Å²) in [5, 5.41) is 11.6. The number of rotatable bonds is 2. The summed E-state index contributed by atoms with van der Waals surface area (Å²) >= 11 is 6.19. The molecule has 1 N–H and O–H groups in total. The number of hydrogen-bond donors (Lipinski definition) is 1. The van der Waals surface area contributed by atoms with Crippen LogP contribution in [-0.4, -0.2) is 10.7 Å². The maximum absolute atomic E-state index is 10.8. The van der Waals surface area contributed by atoms with Crippen LogP contribution < -0.4 is 0 Å². The molecule has 0 aromatic heterocycles. The van der Waals surface area contributed by atoms with E-state index in [-0.39, 0.29) is 0 Å². The van der Waals surface area contributed by atoms with Crippen LogP contribution in [0.1, 0.15) is 23.1 Å². The van der Waals surface area contributed by atoms with Gasteiger partial charge in [-0.3, -0.25) is 0 Å². The quantitative estimate of drug-likeness (QED) is 0.882. The molecular formula is C17H17ClO. The zero-order chi connectivity index (χ0) is 13.3. The molecule has 0 saturated heterocycles. The van der Waals surface area contributed by atoms with Crippen molar-refractivity contribution in [2.75, 3.05) is 0 Å². The van der Waals surface area contributed by atoms with Crippen molar-refractivity contribution in [3.8, 4) is 0 Å². The van der Waals surface area contributed by atoms with Gasteiger partial charge in [0.05, 0.1) is 5.60 Å². The summed E-state index contributed by atoms with van der Waals surface area (Å²) in [7, 11) is 0. The van der Waals surface area contributed by atoms with Crippen molar-refractivity contribution in [2.45, 2.75) is 31.3 Å². The van der Waals surface area contributed by atoms with E-state index in [9.17, 15) is 5.11 Å². The van der Waals surface area contributed by atoms with Gasteiger partial charge in [-0.2, -0.15) is 0 Å². The van der Waals surface area contributed by atoms with Crippen molar-refractivity contribution in [2.24, 2.45) is 0 Å². The molecule has 3 rings (SSSR count). The van der Waals surface area contributed by atoms with Crippen molar-refractivity contribution >= 4 is 11.6 Å². The Labute approximate surface area is 118 Å². The van der Waals surface area contributed by atoms with E-state index in [1.807, 2.05) is 30.3 Å². The maximum atomic E-state index is 10.8. The third kappa shape index (κ3) is 2.68. The van der Waals surface area contributed by atoms with Gasteiger partial charge < -0.3 is 5.11 Å². The first-order valence-corrected chi connectivity index (χ1v) is 7.07. The van der Waals surface area contributed by atoms with Crippen molar-refractivity contribution in [1.82, 2.24) is 0 Å². The Morgan fingerprint density at radius 1 is 1.00 bits per heavy atom. The fourth-order valence-corrected chi connectivity index (χ4v) is 3.13. The number of halogens is 1.